The highest BCUT2D eigenvalue weighted by atomic mass is 79.9. The van der Waals surface area contributed by atoms with Crippen LogP contribution in [0.25, 0.3) is 39.8 Å². The standard InChI is InChI=1S/C33H25BrN4/c34-33-37-31(25-11-5-2-6-12-25)32(35)38(33)29-16-8-14-27(21-29)26-13-7-15-28(20-26)30-19-24(22-36-30)18-17-23-9-3-1-4-10-23/h1-22,24H,35H2/b18-17+. The third kappa shape index (κ3) is 4.89. The van der Waals surface area contributed by atoms with Crippen molar-refractivity contribution in [1.82, 2.24) is 9.55 Å². The zero-order valence-electron chi connectivity index (χ0n) is 20.6. The number of rotatable bonds is 6. The number of imidazole rings is 1. The van der Waals surface area contributed by atoms with Crippen LogP contribution in [0.15, 0.2) is 131 Å². The number of hydrogen-bond acceptors (Lipinski definition) is 3. The van der Waals surface area contributed by atoms with E-state index >= 15 is 0 Å². The smallest absolute Gasteiger partial charge is 0.183 e. The molecule has 1 aliphatic heterocycles. The van der Waals surface area contributed by atoms with Gasteiger partial charge in [-0.1, -0.05) is 103 Å². The monoisotopic (exact) mass is 556 g/mol. The molecule has 5 heteroatoms. The highest BCUT2D eigenvalue weighted by Crippen LogP contribution is 2.34. The highest BCUT2D eigenvalue weighted by Gasteiger charge is 2.17. The second-order valence-corrected chi connectivity index (χ2v) is 9.83. The van der Waals surface area contributed by atoms with Gasteiger partial charge in [-0.25, -0.2) is 4.98 Å². The normalized spacial score (nSPS) is 14.8. The second kappa shape index (κ2) is 10.5. The van der Waals surface area contributed by atoms with Gasteiger partial charge < -0.3 is 5.73 Å². The van der Waals surface area contributed by atoms with Crippen molar-refractivity contribution in [1.29, 1.82) is 0 Å². The van der Waals surface area contributed by atoms with E-state index in [9.17, 15) is 0 Å². The Labute approximate surface area is 230 Å². The van der Waals surface area contributed by atoms with E-state index in [-0.39, 0.29) is 5.92 Å². The number of allylic oxidation sites excluding steroid dienone is 2. The van der Waals surface area contributed by atoms with Crippen LogP contribution in [0.3, 0.4) is 0 Å². The molecular weight excluding hydrogens is 532 g/mol. The van der Waals surface area contributed by atoms with Gasteiger partial charge >= 0.3 is 0 Å². The van der Waals surface area contributed by atoms with Gasteiger partial charge in [0.1, 0.15) is 11.5 Å². The first-order valence-corrected chi connectivity index (χ1v) is 13.2. The maximum Gasteiger partial charge on any atom is 0.183 e. The van der Waals surface area contributed by atoms with Crippen molar-refractivity contribution in [3.05, 3.63) is 137 Å². The van der Waals surface area contributed by atoms with E-state index in [1.54, 1.807) is 0 Å². The zero-order chi connectivity index (χ0) is 25.9. The van der Waals surface area contributed by atoms with Crippen LogP contribution in [0.4, 0.5) is 5.82 Å². The quantitative estimate of drug-likeness (QED) is 0.228. The van der Waals surface area contributed by atoms with E-state index in [1.807, 2.05) is 71.4 Å². The average Bonchev–Trinajstić information content (AvgIpc) is 3.57. The lowest BCUT2D eigenvalue weighted by atomic mass is 10.0. The number of aliphatic imine (C=N–C) groups is 1. The Balaban J connectivity index is 1.28. The van der Waals surface area contributed by atoms with Crippen molar-refractivity contribution >= 4 is 39.7 Å². The first kappa shape index (κ1) is 23.9. The molecule has 0 saturated carbocycles. The number of anilines is 1. The zero-order valence-corrected chi connectivity index (χ0v) is 22.2. The molecule has 184 valence electrons. The lowest BCUT2D eigenvalue weighted by molar-refractivity contribution is 1.02. The van der Waals surface area contributed by atoms with Crippen molar-refractivity contribution in [2.45, 2.75) is 0 Å². The number of nitrogens with two attached hydrogens (primary N) is 1. The maximum atomic E-state index is 6.58. The number of nitrogens with zero attached hydrogens (tertiary/aromatic N) is 3. The van der Waals surface area contributed by atoms with Crippen LogP contribution in [-0.2, 0) is 0 Å². The van der Waals surface area contributed by atoms with Gasteiger partial charge in [0, 0.05) is 23.3 Å². The van der Waals surface area contributed by atoms with Crippen LogP contribution in [-0.4, -0.2) is 15.8 Å². The molecule has 0 spiro atoms. The summed E-state index contributed by atoms with van der Waals surface area (Å²) in [4.78, 5) is 9.40. The summed E-state index contributed by atoms with van der Waals surface area (Å²) >= 11 is 3.62. The molecule has 1 aromatic heterocycles. The fourth-order valence-corrected chi connectivity index (χ4v) is 5.21. The number of aromatic nitrogens is 2. The maximum absolute atomic E-state index is 6.58. The van der Waals surface area contributed by atoms with Crippen LogP contribution in [0.1, 0.15) is 11.1 Å². The largest absolute Gasteiger partial charge is 0.383 e. The molecule has 5 aromatic rings. The van der Waals surface area contributed by atoms with Crippen LogP contribution in [0.5, 0.6) is 0 Å². The molecule has 4 aromatic carbocycles. The average molecular weight is 557 g/mol. The Morgan fingerprint density at radius 2 is 1.39 bits per heavy atom. The molecule has 1 aliphatic rings. The molecule has 0 radical (unpaired) electrons. The summed E-state index contributed by atoms with van der Waals surface area (Å²) in [6, 6.07) is 37.1. The molecule has 38 heavy (non-hydrogen) atoms. The van der Waals surface area contributed by atoms with E-state index in [1.165, 1.54) is 5.56 Å². The van der Waals surface area contributed by atoms with Gasteiger partial charge in [0.15, 0.2) is 4.73 Å². The van der Waals surface area contributed by atoms with Crippen molar-refractivity contribution in [2.75, 3.05) is 5.73 Å². The fourth-order valence-electron chi connectivity index (χ4n) is 4.64. The summed E-state index contributed by atoms with van der Waals surface area (Å²) in [5.41, 5.74) is 14.7. The van der Waals surface area contributed by atoms with Crippen LogP contribution in [0, 0.1) is 5.92 Å². The summed E-state index contributed by atoms with van der Waals surface area (Å²) in [5.74, 6) is 0.770. The molecule has 0 aliphatic carbocycles. The van der Waals surface area contributed by atoms with Crippen molar-refractivity contribution < 1.29 is 0 Å². The molecule has 1 atom stereocenters. The third-order valence-electron chi connectivity index (χ3n) is 6.56. The van der Waals surface area contributed by atoms with Gasteiger partial charge in [-0.2, -0.15) is 0 Å². The molecule has 0 fully saturated rings. The third-order valence-corrected chi connectivity index (χ3v) is 7.09. The molecule has 6 rings (SSSR count). The molecule has 1 unspecified atom stereocenters. The van der Waals surface area contributed by atoms with Gasteiger partial charge in [-0.3, -0.25) is 9.56 Å². The van der Waals surface area contributed by atoms with Gasteiger partial charge in [0.05, 0.1) is 11.4 Å². The molecule has 0 saturated heterocycles. The van der Waals surface area contributed by atoms with E-state index in [4.69, 9.17) is 15.7 Å². The van der Waals surface area contributed by atoms with Crippen LogP contribution < -0.4 is 5.73 Å². The predicted octanol–water partition coefficient (Wildman–Crippen LogP) is 8.31. The van der Waals surface area contributed by atoms with Crippen molar-refractivity contribution in [3.63, 3.8) is 0 Å². The van der Waals surface area contributed by atoms with Crippen molar-refractivity contribution in [3.8, 4) is 28.1 Å². The summed E-state index contributed by atoms with van der Waals surface area (Å²) in [6.07, 6.45) is 8.51. The van der Waals surface area contributed by atoms with Gasteiger partial charge in [-0.05, 0) is 56.9 Å². The lowest BCUT2D eigenvalue weighted by Crippen LogP contribution is -2.01. The summed E-state index contributed by atoms with van der Waals surface area (Å²) < 4.78 is 2.60. The highest BCUT2D eigenvalue weighted by molar-refractivity contribution is 9.10. The molecule has 4 nitrogen and oxygen atoms in total. The summed E-state index contributed by atoms with van der Waals surface area (Å²) in [5, 5.41) is 0. The molecule has 0 bridgehead atoms. The minimum atomic E-state index is 0.178. The SMILES string of the molecule is Nc1c(-c2ccccc2)nc(Br)n1-c1cccc(-c2cccc(C3=CC(/C=C/c4ccccc4)C=N3)c2)c1. The molecular formula is C33H25BrN4. The van der Waals surface area contributed by atoms with E-state index in [0.29, 0.717) is 10.6 Å². The van der Waals surface area contributed by atoms with E-state index < -0.39 is 0 Å². The van der Waals surface area contributed by atoms with Gasteiger partial charge in [0.25, 0.3) is 0 Å². The Morgan fingerprint density at radius 1 is 0.737 bits per heavy atom. The summed E-state index contributed by atoms with van der Waals surface area (Å²) in [6.45, 7) is 0. The van der Waals surface area contributed by atoms with Crippen LogP contribution in [0.2, 0.25) is 0 Å². The Bertz CT molecular complexity index is 1680. The minimum absolute atomic E-state index is 0.178. The molecule has 2 N–H and O–H groups in total. The minimum Gasteiger partial charge on any atom is -0.383 e. The number of benzene rings is 4. The van der Waals surface area contributed by atoms with E-state index in [0.717, 1.165) is 39.3 Å². The predicted molar refractivity (Wildman–Crippen MR) is 162 cm³/mol. The topological polar surface area (TPSA) is 56.2 Å². The second-order valence-electron chi connectivity index (χ2n) is 9.12. The Hall–Kier alpha value is -4.48. The van der Waals surface area contributed by atoms with Gasteiger partial charge in [0.2, 0.25) is 0 Å². The lowest BCUT2D eigenvalue weighted by Gasteiger charge is -2.11. The number of nitrogen functional groups attached to an aromatic ring is 1. The molecule has 0 amide bonds. The number of halogens is 1. The Morgan fingerprint density at radius 3 is 2.18 bits per heavy atom. The first-order valence-electron chi connectivity index (χ1n) is 12.5. The van der Waals surface area contributed by atoms with E-state index in [2.05, 4.69) is 82.7 Å². The first-order chi connectivity index (χ1) is 18.7. The number of hydrogen-bond donors (Lipinski definition) is 1. The van der Waals surface area contributed by atoms with Crippen molar-refractivity contribution in [2.24, 2.45) is 10.9 Å². The van der Waals surface area contributed by atoms with Crippen LogP contribution >= 0.6 is 15.9 Å². The fraction of sp³-hybridized carbons (Fsp3) is 0.0303. The van der Waals surface area contributed by atoms with Gasteiger partial charge in [-0.15, -0.1) is 0 Å². The molecule has 2 heterocycles. The Kier molecular flexibility index (Phi) is 6.59. The summed E-state index contributed by atoms with van der Waals surface area (Å²) in [7, 11) is 0.